The summed E-state index contributed by atoms with van der Waals surface area (Å²) in [6.07, 6.45) is 16.3. The number of hydrogen-bond donors (Lipinski definition) is 2. The van der Waals surface area contributed by atoms with E-state index in [-0.39, 0.29) is 0 Å². The Hall–Kier alpha value is -2.83. The van der Waals surface area contributed by atoms with Gasteiger partial charge in [-0.1, -0.05) is 49.8 Å². The van der Waals surface area contributed by atoms with Crippen LogP contribution >= 0.6 is 11.6 Å². The summed E-state index contributed by atoms with van der Waals surface area (Å²) >= 11 is 6.00. The predicted molar refractivity (Wildman–Crippen MR) is 148 cm³/mol. The molecule has 2 aromatic rings. The summed E-state index contributed by atoms with van der Waals surface area (Å²) in [4.78, 5) is 14.9. The van der Waals surface area contributed by atoms with Gasteiger partial charge in [0.15, 0.2) is 0 Å². The summed E-state index contributed by atoms with van der Waals surface area (Å²) in [6, 6.07) is 2.08. The van der Waals surface area contributed by atoms with Gasteiger partial charge in [-0.3, -0.25) is 4.99 Å². The Balaban J connectivity index is 1.55. The number of nitrogens with one attached hydrogen (secondary N) is 2. The minimum absolute atomic E-state index is 0.367. The first-order valence-corrected chi connectivity index (χ1v) is 12.8. The summed E-state index contributed by atoms with van der Waals surface area (Å²) in [5.41, 5.74) is 3.24. The van der Waals surface area contributed by atoms with Gasteiger partial charge in [-0.15, -0.1) is 0 Å². The fraction of sp³-hybridized carbons (Fsp3) is 0.429. The zero-order chi connectivity index (χ0) is 25.0. The molecule has 35 heavy (non-hydrogen) atoms. The van der Waals surface area contributed by atoms with Crippen LogP contribution in [0.2, 0.25) is 0 Å². The molecule has 0 saturated carbocycles. The molecule has 3 rings (SSSR count). The normalized spacial score (nSPS) is 16.6. The molecule has 0 fully saturated rings. The summed E-state index contributed by atoms with van der Waals surface area (Å²) in [6.45, 7) is 15.0. The molecule has 0 amide bonds. The third-order valence-electron chi connectivity index (χ3n) is 6.14. The number of H-pyrrole nitrogens is 1. The maximum atomic E-state index is 6.00. The van der Waals surface area contributed by atoms with E-state index in [1.54, 1.807) is 12.3 Å². The van der Waals surface area contributed by atoms with E-state index in [4.69, 9.17) is 16.3 Å². The van der Waals surface area contributed by atoms with Crippen LogP contribution in [0.4, 0.5) is 0 Å². The standard InChI is InChI=1S/C28H38ClN5O/c1-5-27(31-18-22-9-11-24(29)12-10-22)30-17-21(4)15-23-19-32-28-26(23)16-25(20-33-28)35-14-8-13-34(6-2)7-3/h5,9,11-12,16-17,19-20,22H,1,6-8,10,13-15,18H2,2-4H3,(H,30,31)(H,32,33)/b21-17+. The maximum absolute atomic E-state index is 6.00. The highest BCUT2D eigenvalue weighted by molar-refractivity contribution is 6.31. The van der Waals surface area contributed by atoms with Crippen LogP contribution in [0.15, 0.2) is 71.1 Å². The first kappa shape index (κ1) is 26.8. The molecule has 188 valence electrons. The van der Waals surface area contributed by atoms with Crippen LogP contribution in [-0.4, -0.2) is 53.5 Å². The number of nitrogens with zero attached hydrogens (tertiary/aromatic N) is 3. The SMILES string of the molecule is C=CC(=NCC1C=CC(Cl)=CC1)N/C=C(\C)Cc1c[nH]c2ncc(OCCCN(CC)CC)cc12. The molecular weight excluding hydrogens is 458 g/mol. The molecule has 2 aromatic heterocycles. The summed E-state index contributed by atoms with van der Waals surface area (Å²) in [5.74, 6) is 1.94. The Labute approximate surface area is 214 Å². The largest absolute Gasteiger partial charge is 0.492 e. The molecule has 1 aliphatic rings. The zero-order valence-electron chi connectivity index (χ0n) is 21.2. The predicted octanol–water partition coefficient (Wildman–Crippen LogP) is 5.99. The van der Waals surface area contributed by atoms with Gasteiger partial charge in [0, 0.05) is 41.8 Å². The van der Waals surface area contributed by atoms with Crippen LogP contribution in [0.3, 0.4) is 0 Å². The quantitative estimate of drug-likeness (QED) is 0.203. The molecule has 1 atom stereocenters. The van der Waals surface area contributed by atoms with Gasteiger partial charge in [-0.25, -0.2) is 4.98 Å². The Morgan fingerprint density at radius 2 is 2.23 bits per heavy atom. The van der Waals surface area contributed by atoms with Crippen LogP contribution in [0.25, 0.3) is 11.0 Å². The Morgan fingerprint density at radius 1 is 1.40 bits per heavy atom. The number of aliphatic imine (C=N–C) groups is 1. The lowest BCUT2D eigenvalue weighted by atomic mass is 10.0. The fourth-order valence-corrected chi connectivity index (χ4v) is 4.15. The lowest BCUT2D eigenvalue weighted by molar-refractivity contribution is 0.249. The van der Waals surface area contributed by atoms with E-state index in [0.29, 0.717) is 19.1 Å². The number of fused-ring (bicyclic) bond motifs is 1. The number of pyridine rings is 1. The van der Waals surface area contributed by atoms with Crippen molar-refractivity contribution in [3.05, 3.63) is 71.7 Å². The van der Waals surface area contributed by atoms with E-state index in [1.165, 1.54) is 11.1 Å². The lowest BCUT2D eigenvalue weighted by Gasteiger charge is -2.17. The second-order valence-corrected chi connectivity index (χ2v) is 9.23. The molecular formula is C28H38ClN5O. The van der Waals surface area contributed by atoms with Crippen LogP contribution in [-0.2, 0) is 6.42 Å². The van der Waals surface area contributed by atoms with Crippen LogP contribution in [0.1, 0.15) is 39.2 Å². The van der Waals surface area contributed by atoms with E-state index >= 15 is 0 Å². The number of hydrogen-bond acceptors (Lipinski definition) is 4. The maximum Gasteiger partial charge on any atom is 0.138 e. The lowest BCUT2D eigenvalue weighted by Crippen LogP contribution is -2.25. The van der Waals surface area contributed by atoms with E-state index in [1.807, 2.05) is 24.5 Å². The number of allylic oxidation sites excluding steroid dienone is 4. The van der Waals surface area contributed by atoms with Gasteiger partial charge in [-0.2, -0.15) is 0 Å². The monoisotopic (exact) mass is 495 g/mol. The van der Waals surface area contributed by atoms with Crippen molar-refractivity contribution in [2.45, 2.75) is 40.0 Å². The Kier molecular flexibility index (Phi) is 10.6. The number of halogens is 1. The second kappa shape index (κ2) is 13.9. The molecule has 2 heterocycles. The van der Waals surface area contributed by atoms with Crippen LogP contribution in [0, 0.1) is 5.92 Å². The van der Waals surface area contributed by atoms with Gasteiger partial charge in [0.25, 0.3) is 0 Å². The molecule has 1 aliphatic carbocycles. The number of aromatic amines is 1. The summed E-state index contributed by atoms with van der Waals surface area (Å²) < 4.78 is 5.99. The van der Waals surface area contributed by atoms with Gasteiger partial charge >= 0.3 is 0 Å². The van der Waals surface area contributed by atoms with E-state index in [2.05, 4.69) is 64.7 Å². The Bertz CT molecular complexity index is 1090. The van der Waals surface area contributed by atoms with Gasteiger partial charge < -0.3 is 19.9 Å². The molecule has 0 spiro atoms. The Morgan fingerprint density at radius 3 is 2.94 bits per heavy atom. The number of ether oxygens (including phenoxy) is 1. The third-order valence-corrected chi connectivity index (χ3v) is 6.42. The topological polar surface area (TPSA) is 65.5 Å². The molecule has 0 radical (unpaired) electrons. The highest BCUT2D eigenvalue weighted by Crippen LogP contribution is 2.24. The fourth-order valence-electron chi connectivity index (χ4n) is 3.99. The van der Waals surface area contributed by atoms with Crippen LogP contribution in [0.5, 0.6) is 5.75 Å². The smallest absolute Gasteiger partial charge is 0.138 e. The highest BCUT2D eigenvalue weighted by Gasteiger charge is 2.09. The number of aromatic nitrogens is 2. The van der Waals surface area contributed by atoms with Crippen molar-refractivity contribution in [2.75, 3.05) is 32.8 Å². The van der Waals surface area contributed by atoms with Gasteiger partial charge in [0.2, 0.25) is 0 Å². The van der Waals surface area contributed by atoms with Crippen molar-refractivity contribution < 1.29 is 4.74 Å². The third kappa shape index (κ3) is 8.41. The molecule has 6 nitrogen and oxygen atoms in total. The first-order chi connectivity index (χ1) is 17.0. The van der Waals surface area contributed by atoms with Crippen molar-refractivity contribution in [1.29, 1.82) is 0 Å². The van der Waals surface area contributed by atoms with Crippen molar-refractivity contribution in [1.82, 2.24) is 20.2 Å². The second-order valence-electron chi connectivity index (χ2n) is 8.80. The zero-order valence-corrected chi connectivity index (χ0v) is 21.9. The molecule has 0 bridgehead atoms. The average Bonchev–Trinajstić information content (AvgIpc) is 3.27. The van der Waals surface area contributed by atoms with Gasteiger partial charge in [0.05, 0.1) is 12.8 Å². The van der Waals surface area contributed by atoms with Gasteiger partial charge in [-0.05, 0) is 63.1 Å². The average molecular weight is 496 g/mol. The van der Waals surface area contributed by atoms with E-state index in [9.17, 15) is 0 Å². The first-order valence-electron chi connectivity index (χ1n) is 12.5. The number of rotatable bonds is 13. The molecule has 0 aromatic carbocycles. The molecule has 7 heteroatoms. The minimum atomic E-state index is 0.367. The van der Waals surface area contributed by atoms with Crippen molar-refractivity contribution >= 4 is 28.5 Å². The number of amidine groups is 1. The van der Waals surface area contributed by atoms with Crippen molar-refractivity contribution in [2.24, 2.45) is 10.9 Å². The van der Waals surface area contributed by atoms with Crippen molar-refractivity contribution in [3.63, 3.8) is 0 Å². The van der Waals surface area contributed by atoms with Crippen LogP contribution < -0.4 is 10.1 Å². The molecule has 2 N–H and O–H groups in total. The van der Waals surface area contributed by atoms with E-state index in [0.717, 1.165) is 66.5 Å². The minimum Gasteiger partial charge on any atom is -0.492 e. The van der Waals surface area contributed by atoms with Crippen molar-refractivity contribution in [3.8, 4) is 5.75 Å². The highest BCUT2D eigenvalue weighted by atomic mass is 35.5. The molecule has 0 saturated heterocycles. The molecule has 1 unspecified atom stereocenters. The summed E-state index contributed by atoms with van der Waals surface area (Å²) in [5, 5.41) is 5.18. The van der Waals surface area contributed by atoms with Gasteiger partial charge in [0.1, 0.15) is 17.2 Å². The summed E-state index contributed by atoms with van der Waals surface area (Å²) in [7, 11) is 0. The van der Waals surface area contributed by atoms with E-state index < -0.39 is 0 Å². The molecule has 0 aliphatic heterocycles.